The quantitative estimate of drug-likeness (QED) is 0.176. The van der Waals surface area contributed by atoms with Gasteiger partial charge in [0.1, 0.15) is 5.75 Å². The summed E-state index contributed by atoms with van der Waals surface area (Å²) in [6.07, 6.45) is 0.0798. The first-order valence-electron chi connectivity index (χ1n) is 15.1. The predicted molar refractivity (Wildman–Crippen MR) is 164 cm³/mol. The third-order valence-corrected chi connectivity index (χ3v) is 9.88. The Bertz CT molecular complexity index is 1780. The van der Waals surface area contributed by atoms with E-state index < -0.39 is 23.7 Å². The topological polar surface area (TPSA) is 84.0 Å². The zero-order valence-electron chi connectivity index (χ0n) is 24.4. The van der Waals surface area contributed by atoms with Crippen LogP contribution in [-0.2, 0) is 19.2 Å². The number of carbonyl (C=O) groups is 4. The smallest absolute Gasteiger partial charge is 0.316 e. The van der Waals surface area contributed by atoms with E-state index >= 15 is 0 Å². The average Bonchev–Trinajstić information content (AvgIpc) is 3.55. The molecule has 0 saturated carbocycles. The van der Waals surface area contributed by atoms with Crippen LogP contribution in [-0.4, -0.2) is 30.2 Å². The minimum absolute atomic E-state index is 0.0798. The summed E-state index contributed by atoms with van der Waals surface area (Å²) in [7, 11) is 0. The van der Waals surface area contributed by atoms with Crippen LogP contribution >= 0.6 is 0 Å². The summed E-state index contributed by atoms with van der Waals surface area (Å²) in [6, 6.07) is 29.0. The molecule has 0 aromatic heterocycles. The van der Waals surface area contributed by atoms with Crippen LogP contribution in [0, 0.1) is 31.6 Å². The van der Waals surface area contributed by atoms with E-state index in [0.717, 1.165) is 33.5 Å². The second-order valence-electron chi connectivity index (χ2n) is 12.4. The third kappa shape index (κ3) is 3.81. The highest BCUT2D eigenvalue weighted by atomic mass is 16.5. The fourth-order valence-electron chi connectivity index (χ4n) is 7.90. The lowest BCUT2D eigenvalue weighted by molar-refractivity contribution is -0.139. The van der Waals surface area contributed by atoms with Gasteiger partial charge in [-0.15, -0.1) is 0 Å². The first-order valence-corrected chi connectivity index (χ1v) is 15.1. The van der Waals surface area contributed by atoms with Gasteiger partial charge >= 0.3 is 5.97 Å². The fraction of sp³-hybridized carbons (Fsp3) is 0.243. The Hall–Kier alpha value is -5.04. The number of hydrogen-bond acceptors (Lipinski definition) is 5. The number of benzene rings is 4. The summed E-state index contributed by atoms with van der Waals surface area (Å²) >= 11 is 0. The minimum Gasteiger partial charge on any atom is -0.426 e. The molecule has 3 aliphatic carbocycles. The number of imide groups is 1. The van der Waals surface area contributed by atoms with E-state index in [9.17, 15) is 19.2 Å². The Morgan fingerprint density at radius 3 is 1.80 bits per heavy atom. The maximum absolute atomic E-state index is 14.1. The van der Waals surface area contributed by atoms with Crippen LogP contribution in [0.1, 0.15) is 51.6 Å². The molecule has 2 fully saturated rings. The molecular weight excluding hydrogens is 552 g/mol. The van der Waals surface area contributed by atoms with Crippen LogP contribution in [0.15, 0.2) is 91.0 Å². The van der Waals surface area contributed by atoms with Crippen LogP contribution in [0.4, 0.5) is 11.4 Å². The first-order chi connectivity index (χ1) is 21.3. The molecule has 0 unspecified atom stereocenters. The second kappa shape index (κ2) is 9.74. The molecule has 7 heteroatoms. The molecule has 2 saturated heterocycles. The van der Waals surface area contributed by atoms with Gasteiger partial charge in [0.15, 0.2) is 0 Å². The van der Waals surface area contributed by atoms with Crippen LogP contribution in [0.5, 0.6) is 5.75 Å². The molecule has 0 N–H and O–H groups in total. The molecule has 2 aliphatic heterocycles. The Kier molecular flexibility index (Phi) is 5.88. The van der Waals surface area contributed by atoms with Crippen LogP contribution in [0.3, 0.4) is 0 Å². The summed E-state index contributed by atoms with van der Waals surface area (Å²) < 4.78 is 5.72. The predicted octanol–water partition coefficient (Wildman–Crippen LogP) is 5.66. The molecule has 0 spiro atoms. The van der Waals surface area contributed by atoms with E-state index in [1.807, 2.05) is 62.4 Å². The van der Waals surface area contributed by atoms with E-state index in [1.54, 1.807) is 23.1 Å². The first kappa shape index (κ1) is 26.6. The SMILES string of the molecule is Cc1ccc(N2C[C@H](C(=O)Oc3ccc(N4C(=O)[C@@H]5C6c7ccccc7C(c7ccccc76)[C@@H]5C4=O)c(C)c3)CC2=O)cc1. The van der Waals surface area contributed by atoms with Crippen molar-refractivity contribution in [3.63, 3.8) is 0 Å². The van der Waals surface area contributed by atoms with Crippen molar-refractivity contribution >= 4 is 35.1 Å². The lowest BCUT2D eigenvalue weighted by Crippen LogP contribution is -2.41. The van der Waals surface area contributed by atoms with Crippen LogP contribution in [0.2, 0.25) is 0 Å². The number of aryl methyl sites for hydroxylation is 2. The standard InChI is InChI=1S/C37H30N2O5/c1-20-11-13-23(14-12-20)38-19-22(18-30(38)40)37(43)44-24-15-16-29(21(2)17-24)39-35(41)33-31-25-7-3-4-8-26(25)32(34(33)36(39)42)28-10-6-5-9-27(28)31/h3-17,22,31-34H,18-19H2,1-2H3/t22-,31?,32?,33-,34+/m1/s1. The zero-order chi connectivity index (χ0) is 30.3. The van der Waals surface area contributed by atoms with Crippen molar-refractivity contribution in [2.45, 2.75) is 32.1 Å². The molecule has 0 radical (unpaired) electrons. The van der Waals surface area contributed by atoms with Gasteiger partial charge in [-0.3, -0.25) is 19.2 Å². The van der Waals surface area contributed by atoms with Crippen molar-refractivity contribution in [2.24, 2.45) is 17.8 Å². The highest BCUT2D eigenvalue weighted by Crippen LogP contribution is 2.61. The van der Waals surface area contributed by atoms with Crippen molar-refractivity contribution in [2.75, 3.05) is 16.3 Å². The lowest BCUT2D eigenvalue weighted by Gasteiger charge is -2.45. The number of rotatable bonds is 4. The van der Waals surface area contributed by atoms with Crippen molar-refractivity contribution in [1.29, 1.82) is 0 Å². The molecule has 44 heavy (non-hydrogen) atoms. The number of hydrogen-bond donors (Lipinski definition) is 0. The van der Waals surface area contributed by atoms with Gasteiger partial charge in [-0.2, -0.15) is 0 Å². The fourth-order valence-corrected chi connectivity index (χ4v) is 7.90. The molecule has 4 aromatic carbocycles. The number of carbonyl (C=O) groups excluding carboxylic acids is 4. The van der Waals surface area contributed by atoms with Gasteiger partial charge < -0.3 is 9.64 Å². The van der Waals surface area contributed by atoms with E-state index in [4.69, 9.17) is 4.74 Å². The van der Waals surface area contributed by atoms with Crippen molar-refractivity contribution < 1.29 is 23.9 Å². The molecular formula is C37H30N2O5. The van der Waals surface area contributed by atoms with Crippen LogP contribution in [0.25, 0.3) is 0 Å². The van der Waals surface area contributed by atoms with Crippen molar-refractivity contribution in [3.05, 3.63) is 124 Å². The highest BCUT2D eigenvalue weighted by Gasteiger charge is 2.61. The van der Waals surface area contributed by atoms with Crippen molar-refractivity contribution in [3.8, 4) is 5.75 Å². The lowest BCUT2D eigenvalue weighted by atomic mass is 9.55. The van der Waals surface area contributed by atoms with Crippen molar-refractivity contribution in [1.82, 2.24) is 0 Å². The Morgan fingerprint density at radius 1 is 0.727 bits per heavy atom. The largest absolute Gasteiger partial charge is 0.426 e. The maximum Gasteiger partial charge on any atom is 0.316 e. The van der Waals surface area contributed by atoms with Crippen LogP contribution < -0.4 is 14.5 Å². The minimum atomic E-state index is -0.590. The second-order valence-corrected chi connectivity index (χ2v) is 12.4. The van der Waals surface area contributed by atoms with Gasteiger partial charge in [0, 0.05) is 30.5 Å². The van der Waals surface area contributed by atoms with Gasteiger partial charge in [0.2, 0.25) is 17.7 Å². The number of anilines is 2. The molecule has 9 rings (SSSR count). The Labute approximate surface area is 255 Å². The average molecular weight is 583 g/mol. The molecule has 218 valence electrons. The summed E-state index contributed by atoms with van der Waals surface area (Å²) in [5, 5.41) is 0. The van der Waals surface area contributed by atoms with E-state index in [-0.39, 0.29) is 42.5 Å². The third-order valence-electron chi connectivity index (χ3n) is 9.88. The molecule has 5 aliphatic rings. The summed E-state index contributed by atoms with van der Waals surface area (Å²) in [6.45, 7) is 4.05. The zero-order valence-corrected chi connectivity index (χ0v) is 24.4. The highest BCUT2D eigenvalue weighted by molar-refractivity contribution is 6.23. The molecule has 3 atom stereocenters. The number of esters is 1. The number of amides is 3. The number of ether oxygens (including phenoxy) is 1. The molecule has 3 amide bonds. The molecule has 2 bridgehead atoms. The number of nitrogens with zero attached hydrogens (tertiary/aromatic N) is 2. The summed E-state index contributed by atoms with van der Waals surface area (Å²) in [5.74, 6) is -2.53. The summed E-state index contributed by atoms with van der Waals surface area (Å²) in [5.41, 5.74) is 7.53. The van der Waals surface area contributed by atoms with Gasteiger partial charge in [-0.1, -0.05) is 66.2 Å². The normalized spacial score (nSPS) is 24.8. The molecule has 2 heterocycles. The van der Waals surface area contributed by atoms with E-state index in [0.29, 0.717) is 17.0 Å². The van der Waals surface area contributed by atoms with Gasteiger partial charge in [0.25, 0.3) is 0 Å². The summed E-state index contributed by atoms with van der Waals surface area (Å²) in [4.78, 5) is 57.0. The Morgan fingerprint density at radius 2 is 1.27 bits per heavy atom. The van der Waals surface area contributed by atoms with Gasteiger partial charge in [-0.25, -0.2) is 4.90 Å². The molecule has 4 aromatic rings. The monoisotopic (exact) mass is 582 g/mol. The van der Waals surface area contributed by atoms with Gasteiger partial charge in [-0.05, 0) is 72.0 Å². The van der Waals surface area contributed by atoms with E-state index in [2.05, 4.69) is 24.3 Å². The van der Waals surface area contributed by atoms with E-state index in [1.165, 1.54) is 4.90 Å². The molecule has 7 nitrogen and oxygen atoms in total. The van der Waals surface area contributed by atoms with Gasteiger partial charge in [0.05, 0.1) is 23.4 Å². The maximum atomic E-state index is 14.1. The Balaban J connectivity index is 1.04.